The predicted molar refractivity (Wildman–Crippen MR) is 119 cm³/mol. The van der Waals surface area contributed by atoms with Gasteiger partial charge in [-0.05, 0) is 24.8 Å². The molecule has 1 unspecified atom stereocenters. The molecule has 1 aromatic carbocycles. The van der Waals surface area contributed by atoms with Crippen LogP contribution < -0.4 is 5.32 Å². The van der Waals surface area contributed by atoms with Gasteiger partial charge < -0.3 is 19.9 Å². The van der Waals surface area contributed by atoms with Crippen LogP contribution in [0, 0.1) is 0 Å². The Bertz CT molecular complexity index is 618. The summed E-state index contributed by atoms with van der Waals surface area (Å²) in [5.74, 6) is 1.41. The Morgan fingerprint density at radius 3 is 2.59 bits per heavy atom. The maximum atomic E-state index is 12.0. The van der Waals surface area contributed by atoms with Crippen LogP contribution in [0.1, 0.15) is 30.7 Å². The fourth-order valence-electron chi connectivity index (χ4n) is 3.50. The van der Waals surface area contributed by atoms with E-state index in [0.29, 0.717) is 12.0 Å². The third-order valence-electron chi connectivity index (χ3n) is 5.18. The van der Waals surface area contributed by atoms with E-state index in [-0.39, 0.29) is 36.4 Å². The maximum Gasteiger partial charge on any atom is 0.243 e. The first-order chi connectivity index (χ1) is 12.6. The van der Waals surface area contributed by atoms with Gasteiger partial charge >= 0.3 is 0 Å². The van der Waals surface area contributed by atoms with Crippen LogP contribution in [0.3, 0.4) is 0 Å². The van der Waals surface area contributed by atoms with Crippen LogP contribution in [0.25, 0.3) is 0 Å². The number of hydrogen-bond donors (Lipinski definition) is 1. The number of benzene rings is 1. The van der Waals surface area contributed by atoms with Crippen LogP contribution in [-0.4, -0.2) is 74.7 Å². The molecule has 0 radical (unpaired) electrons. The van der Waals surface area contributed by atoms with Gasteiger partial charge in [-0.1, -0.05) is 30.3 Å². The van der Waals surface area contributed by atoms with Crippen molar-refractivity contribution in [3.8, 4) is 0 Å². The zero-order valence-corrected chi connectivity index (χ0v) is 18.6. The number of hydrogen-bond acceptors (Lipinski definition) is 3. The van der Waals surface area contributed by atoms with E-state index >= 15 is 0 Å². The molecule has 1 atom stereocenters. The third-order valence-corrected chi connectivity index (χ3v) is 5.18. The van der Waals surface area contributed by atoms with Crippen molar-refractivity contribution in [1.29, 1.82) is 0 Å². The topological polar surface area (TPSA) is 57.2 Å². The number of likely N-dealkylation sites (N-methyl/N-ethyl adjacent to an activating group) is 1. The third kappa shape index (κ3) is 6.34. The summed E-state index contributed by atoms with van der Waals surface area (Å²) in [4.78, 5) is 20.5. The molecule has 27 heavy (non-hydrogen) atoms. The lowest BCUT2D eigenvalue weighted by molar-refractivity contribution is -0.127. The number of ether oxygens (including phenoxy) is 1. The van der Waals surface area contributed by atoms with Gasteiger partial charge in [0.25, 0.3) is 0 Å². The molecule has 2 fully saturated rings. The summed E-state index contributed by atoms with van der Waals surface area (Å²) in [6.07, 6.45) is 3.08. The van der Waals surface area contributed by atoms with E-state index in [2.05, 4.69) is 45.5 Å². The molecule has 1 aromatic rings. The summed E-state index contributed by atoms with van der Waals surface area (Å²) in [5.41, 5.74) is 1.38. The van der Waals surface area contributed by atoms with E-state index in [9.17, 15) is 4.79 Å². The minimum absolute atomic E-state index is 0. The van der Waals surface area contributed by atoms with Crippen molar-refractivity contribution >= 4 is 35.8 Å². The Kier molecular flexibility index (Phi) is 8.82. The fraction of sp³-hybridized carbons (Fsp3) is 0.600. The molecule has 3 rings (SSSR count). The maximum absolute atomic E-state index is 12.0. The van der Waals surface area contributed by atoms with E-state index < -0.39 is 0 Å². The van der Waals surface area contributed by atoms with Crippen LogP contribution >= 0.6 is 24.0 Å². The van der Waals surface area contributed by atoms with Crippen molar-refractivity contribution in [1.82, 2.24) is 15.1 Å². The molecular formula is C20H31IN4O2. The van der Waals surface area contributed by atoms with Gasteiger partial charge in [0.15, 0.2) is 5.96 Å². The number of carbonyl (C=O) groups is 1. The van der Waals surface area contributed by atoms with Gasteiger partial charge in [0.1, 0.15) is 6.54 Å². The van der Waals surface area contributed by atoms with Crippen LogP contribution in [0.5, 0.6) is 0 Å². The molecule has 2 heterocycles. The molecule has 2 saturated heterocycles. The van der Waals surface area contributed by atoms with Crippen LogP contribution in [0.15, 0.2) is 35.3 Å². The van der Waals surface area contributed by atoms with E-state index in [1.54, 1.807) is 19.0 Å². The highest BCUT2D eigenvalue weighted by molar-refractivity contribution is 14.0. The van der Waals surface area contributed by atoms with E-state index in [1.165, 1.54) is 5.56 Å². The molecule has 0 spiro atoms. The van der Waals surface area contributed by atoms with Crippen molar-refractivity contribution in [2.45, 2.75) is 31.2 Å². The van der Waals surface area contributed by atoms with Gasteiger partial charge in [0, 0.05) is 52.4 Å². The molecule has 2 aliphatic heterocycles. The van der Waals surface area contributed by atoms with Crippen molar-refractivity contribution in [2.75, 3.05) is 46.9 Å². The molecule has 6 nitrogen and oxygen atoms in total. The van der Waals surface area contributed by atoms with Gasteiger partial charge in [-0.2, -0.15) is 0 Å². The van der Waals surface area contributed by atoms with Crippen LogP contribution in [-0.2, 0) is 9.53 Å². The minimum Gasteiger partial charge on any atom is -0.381 e. The normalized spacial score (nSPS) is 20.9. The molecule has 1 amide bonds. The first kappa shape index (κ1) is 21.9. The van der Waals surface area contributed by atoms with E-state index in [4.69, 9.17) is 4.74 Å². The monoisotopic (exact) mass is 486 g/mol. The second kappa shape index (κ2) is 10.8. The smallest absolute Gasteiger partial charge is 0.243 e. The molecule has 0 saturated carbocycles. The van der Waals surface area contributed by atoms with Crippen LogP contribution in [0.4, 0.5) is 0 Å². The number of guanidine groups is 1. The van der Waals surface area contributed by atoms with Crippen molar-refractivity contribution in [3.63, 3.8) is 0 Å². The first-order valence-corrected chi connectivity index (χ1v) is 9.52. The number of aliphatic imine (C=N–C) groups is 1. The number of nitrogens with one attached hydrogen (secondary N) is 1. The summed E-state index contributed by atoms with van der Waals surface area (Å²) in [6.45, 7) is 3.66. The average Bonchev–Trinajstić information content (AvgIpc) is 3.16. The highest BCUT2D eigenvalue weighted by atomic mass is 127. The number of nitrogens with zero attached hydrogens (tertiary/aromatic N) is 3. The second-order valence-electron chi connectivity index (χ2n) is 7.30. The lowest BCUT2D eigenvalue weighted by Crippen LogP contribution is -2.47. The van der Waals surface area contributed by atoms with Crippen molar-refractivity contribution in [2.24, 2.45) is 4.99 Å². The summed E-state index contributed by atoms with van der Waals surface area (Å²) in [6, 6.07) is 11.0. The summed E-state index contributed by atoms with van der Waals surface area (Å²) in [7, 11) is 3.54. The number of likely N-dealkylation sites (tertiary alicyclic amines) is 1. The fourth-order valence-corrected chi connectivity index (χ4v) is 3.50. The molecule has 1 N–H and O–H groups in total. The Morgan fingerprint density at radius 1 is 1.22 bits per heavy atom. The SMILES string of the molecule is CN(C)C(=O)CN=C(NC1CCOCC1)N1CCC(c2ccccc2)C1.I. The molecule has 0 aliphatic carbocycles. The largest absolute Gasteiger partial charge is 0.381 e. The lowest BCUT2D eigenvalue weighted by atomic mass is 9.99. The standard InChI is InChI=1S/C20H30N4O2.HI/c1-23(2)19(25)14-21-20(22-18-9-12-26-13-10-18)24-11-8-17(15-24)16-6-4-3-5-7-16;/h3-7,17-18H,8-15H2,1-2H3,(H,21,22);1H. The van der Waals surface area contributed by atoms with Gasteiger partial charge in [-0.15, -0.1) is 24.0 Å². The molecule has 0 aromatic heterocycles. The Hall–Kier alpha value is -1.35. The quantitative estimate of drug-likeness (QED) is 0.403. The zero-order valence-electron chi connectivity index (χ0n) is 16.3. The zero-order chi connectivity index (χ0) is 18.4. The summed E-state index contributed by atoms with van der Waals surface area (Å²) >= 11 is 0. The summed E-state index contributed by atoms with van der Waals surface area (Å²) in [5, 5.41) is 3.59. The summed E-state index contributed by atoms with van der Waals surface area (Å²) < 4.78 is 5.46. The number of carbonyl (C=O) groups excluding carboxylic acids is 1. The average molecular weight is 486 g/mol. The number of rotatable bonds is 4. The molecular weight excluding hydrogens is 455 g/mol. The first-order valence-electron chi connectivity index (χ1n) is 9.52. The Balaban J connectivity index is 0.00000261. The molecule has 150 valence electrons. The van der Waals surface area contributed by atoms with Crippen molar-refractivity contribution < 1.29 is 9.53 Å². The lowest BCUT2D eigenvalue weighted by Gasteiger charge is -2.29. The molecule has 2 aliphatic rings. The van der Waals surface area contributed by atoms with Gasteiger partial charge in [-0.25, -0.2) is 4.99 Å². The van der Waals surface area contributed by atoms with Crippen molar-refractivity contribution in [3.05, 3.63) is 35.9 Å². The Morgan fingerprint density at radius 2 is 1.93 bits per heavy atom. The van der Waals surface area contributed by atoms with Crippen LogP contribution in [0.2, 0.25) is 0 Å². The van der Waals surface area contributed by atoms with Gasteiger partial charge in [-0.3, -0.25) is 4.79 Å². The highest BCUT2D eigenvalue weighted by Gasteiger charge is 2.28. The molecule has 7 heteroatoms. The second-order valence-corrected chi connectivity index (χ2v) is 7.30. The molecule has 0 bridgehead atoms. The number of amides is 1. The Labute approximate surface area is 179 Å². The highest BCUT2D eigenvalue weighted by Crippen LogP contribution is 2.27. The van der Waals surface area contributed by atoms with E-state index in [0.717, 1.165) is 51.5 Å². The minimum atomic E-state index is 0. The predicted octanol–water partition coefficient (Wildman–Crippen LogP) is 2.31. The van der Waals surface area contributed by atoms with E-state index in [1.807, 2.05) is 0 Å². The van der Waals surface area contributed by atoms with Gasteiger partial charge in [0.2, 0.25) is 5.91 Å². The number of halogens is 1. The van der Waals surface area contributed by atoms with Gasteiger partial charge in [0.05, 0.1) is 0 Å².